The van der Waals surface area contributed by atoms with Crippen LogP contribution in [-0.2, 0) is 6.42 Å². The van der Waals surface area contributed by atoms with Gasteiger partial charge in [-0.25, -0.2) is 9.97 Å². The molecule has 0 aliphatic carbocycles. The average Bonchev–Trinajstić information content (AvgIpc) is 2.07. The lowest BCUT2D eigenvalue weighted by atomic mass is 10.1. The van der Waals surface area contributed by atoms with Crippen molar-refractivity contribution in [3.63, 3.8) is 0 Å². The number of fused-ring (bicyclic) bond motifs is 1. The minimum Gasteiger partial charge on any atom is -0.336 e. The fourth-order valence-corrected chi connectivity index (χ4v) is 1.65. The zero-order chi connectivity index (χ0) is 9.42. The zero-order valence-electron chi connectivity index (χ0n) is 8.20. The van der Waals surface area contributed by atoms with Crippen LogP contribution in [-0.4, -0.2) is 17.0 Å². The second-order valence-electron chi connectivity index (χ2n) is 3.36. The molecular formula is C10H13N3. The normalized spacial score (nSPS) is 14.5. The van der Waals surface area contributed by atoms with Gasteiger partial charge in [0.05, 0.1) is 0 Å². The number of anilines is 1. The largest absolute Gasteiger partial charge is 0.336 e. The lowest BCUT2D eigenvalue weighted by Gasteiger charge is -2.22. The van der Waals surface area contributed by atoms with Crippen molar-refractivity contribution in [2.75, 3.05) is 11.9 Å². The van der Waals surface area contributed by atoms with Crippen LogP contribution in [0.4, 0.5) is 5.82 Å². The highest BCUT2D eigenvalue weighted by Crippen LogP contribution is 2.23. The van der Waals surface area contributed by atoms with E-state index in [1.807, 2.05) is 32.0 Å². The molecule has 0 atom stereocenters. The lowest BCUT2D eigenvalue weighted by Crippen LogP contribution is -2.18. The van der Waals surface area contributed by atoms with Crippen LogP contribution in [0, 0.1) is 13.8 Å². The van der Waals surface area contributed by atoms with Crippen LogP contribution >= 0.6 is 0 Å². The second kappa shape index (κ2) is 2.83. The number of hydrogen-bond donors (Lipinski definition) is 0. The van der Waals surface area contributed by atoms with Gasteiger partial charge in [0.2, 0.25) is 0 Å². The molecule has 3 nitrogen and oxygen atoms in total. The minimum absolute atomic E-state index is 0.846. The molecule has 0 spiro atoms. The van der Waals surface area contributed by atoms with E-state index in [9.17, 15) is 0 Å². The molecule has 0 unspecified atom stereocenters. The number of nitrogens with zero attached hydrogens (tertiary/aromatic N) is 3. The monoisotopic (exact) mass is 175 g/mol. The van der Waals surface area contributed by atoms with E-state index < -0.39 is 0 Å². The third-order valence-electron chi connectivity index (χ3n) is 2.29. The van der Waals surface area contributed by atoms with Gasteiger partial charge in [0.1, 0.15) is 11.6 Å². The molecule has 0 saturated carbocycles. The van der Waals surface area contributed by atoms with E-state index in [4.69, 9.17) is 0 Å². The highest BCUT2D eigenvalue weighted by Gasteiger charge is 2.14. The Bertz CT molecular complexity index is 369. The van der Waals surface area contributed by atoms with Crippen molar-refractivity contribution in [3.8, 4) is 0 Å². The first-order valence-electron chi connectivity index (χ1n) is 4.42. The highest BCUT2D eigenvalue weighted by atomic mass is 15.2. The minimum atomic E-state index is 0.846. The zero-order valence-corrected chi connectivity index (χ0v) is 8.20. The Morgan fingerprint density at radius 1 is 1.31 bits per heavy atom. The van der Waals surface area contributed by atoms with E-state index >= 15 is 0 Å². The summed E-state index contributed by atoms with van der Waals surface area (Å²) in [7, 11) is 2.01. The van der Waals surface area contributed by atoms with Gasteiger partial charge < -0.3 is 4.90 Å². The number of aromatic nitrogens is 2. The molecule has 68 valence electrons. The molecule has 0 radical (unpaired) electrons. The third-order valence-corrected chi connectivity index (χ3v) is 2.29. The summed E-state index contributed by atoms with van der Waals surface area (Å²) in [5.41, 5.74) is 2.34. The summed E-state index contributed by atoms with van der Waals surface area (Å²) < 4.78 is 0. The molecule has 0 bridgehead atoms. The lowest BCUT2D eigenvalue weighted by molar-refractivity contribution is 0.921. The Kier molecular flexibility index (Phi) is 1.79. The first-order chi connectivity index (χ1) is 6.18. The van der Waals surface area contributed by atoms with Crippen molar-refractivity contribution in [1.29, 1.82) is 0 Å². The molecule has 2 rings (SSSR count). The van der Waals surface area contributed by atoms with Gasteiger partial charge in [-0.15, -0.1) is 0 Å². The molecule has 0 aromatic carbocycles. The van der Waals surface area contributed by atoms with Crippen molar-refractivity contribution in [1.82, 2.24) is 9.97 Å². The molecule has 1 aliphatic rings. The highest BCUT2D eigenvalue weighted by molar-refractivity contribution is 5.54. The molecule has 0 amide bonds. The predicted molar refractivity (Wildman–Crippen MR) is 52.8 cm³/mol. The van der Waals surface area contributed by atoms with E-state index in [2.05, 4.69) is 16.0 Å². The fourth-order valence-electron chi connectivity index (χ4n) is 1.65. The van der Waals surface area contributed by atoms with Crippen LogP contribution in [0.15, 0.2) is 12.3 Å². The van der Waals surface area contributed by atoms with Crippen molar-refractivity contribution in [2.24, 2.45) is 0 Å². The van der Waals surface area contributed by atoms with E-state index in [0.29, 0.717) is 0 Å². The number of aryl methyl sites for hydroxylation is 2. The summed E-state index contributed by atoms with van der Waals surface area (Å²) in [6, 6.07) is 0. The van der Waals surface area contributed by atoms with Crippen LogP contribution in [0.25, 0.3) is 0 Å². The first-order valence-corrected chi connectivity index (χ1v) is 4.42. The summed E-state index contributed by atoms with van der Waals surface area (Å²) in [6.07, 6.45) is 5.13. The van der Waals surface area contributed by atoms with E-state index in [0.717, 1.165) is 23.8 Å². The number of rotatable bonds is 0. The fraction of sp³-hybridized carbons (Fsp3) is 0.400. The van der Waals surface area contributed by atoms with Gasteiger partial charge in [0.25, 0.3) is 0 Å². The van der Waals surface area contributed by atoms with E-state index in [1.54, 1.807) is 0 Å². The maximum Gasteiger partial charge on any atom is 0.139 e. The van der Waals surface area contributed by atoms with Crippen molar-refractivity contribution in [2.45, 2.75) is 20.3 Å². The molecule has 1 aliphatic heterocycles. The Labute approximate surface area is 78.1 Å². The van der Waals surface area contributed by atoms with Crippen LogP contribution < -0.4 is 4.90 Å². The summed E-state index contributed by atoms with van der Waals surface area (Å²) >= 11 is 0. The van der Waals surface area contributed by atoms with Gasteiger partial charge >= 0.3 is 0 Å². The Morgan fingerprint density at radius 2 is 2.08 bits per heavy atom. The van der Waals surface area contributed by atoms with Crippen LogP contribution in [0.5, 0.6) is 0 Å². The Hall–Kier alpha value is -1.38. The summed E-state index contributed by atoms with van der Waals surface area (Å²) in [5, 5.41) is 0. The molecular weight excluding hydrogens is 162 g/mol. The van der Waals surface area contributed by atoms with Gasteiger partial charge in [-0.3, -0.25) is 0 Å². The third kappa shape index (κ3) is 1.30. The predicted octanol–water partition coefficient (Wildman–Crippen LogP) is 1.60. The standard InChI is InChI=1S/C10H13N3/c1-7-9-5-4-6-13(3)10(9)12-8(2)11-7/h4,6H,5H2,1-3H3. The Morgan fingerprint density at radius 3 is 2.85 bits per heavy atom. The van der Waals surface area contributed by atoms with Crippen molar-refractivity contribution >= 4 is 5.82 Å². The molecule has 1 aromatic heterocycles. The SMILES string of the molecule is Cc1nc(C)c2c(n1)N(C)C=CC2. The molecule has 0 N–H and O–H groups in total. The van der Waals surface area contributed by atoms with Gasteiger partial charge in [0, 0.05) is 24.5 Å². The molecule has 3 heteroatoms. The average molecular weight is 175 g/mol. The second-order valence-corrected chi connectivity index (χ2v) is 3.36. The van der Waals surface area contributed by atoms with Crippen LogP contribution in [0.1, 0.15) is 17.1 Å². The first kappa shape index (κ1) is 8.23. The summed E-state index contributed by atoms with van der Waals surface area (Å²) in [4.78, 5) is 10.8. The number of allylic oxidation sites excluding steroid dienone is 1. The topological polar surface area (TPSA) is 29.0 Å². The molecule has 0 saturated heterocycles. The maximum atomic E-state index is 4.42. The van der Waals surface area contributed by atoms with E-state index in [-0.39, 0.29) is 0 Å². The molecule has 1 aromatic rings. The number of hydrogen-bond acceptors (Lipinski definition) is 3. The van der Waals surface area contributed by atoms with Crippen molar-refractivity contribution < 1.29 is 0 Å². The molecule has 2 heterocycles. The Balaban J connectivity index is 2.60. The van der Waals surface area contributed by atoms with Gasteiger partial charge in [-0.05, 0) is 20.3 Å². The smallest absolute Gasteiger partial charge is 0.139 e. The van der Waals surface area contributed by atoms with E-state index in [1.165, 1.54) is 5.56 Å². The molecule has 0 fully saturated rings. The van der Waals surface area contributed by atoms with Gasteiger partial charge in [0.15, 0.2) is 0 Å². The maximum absolute atomic E-state index is 4.42. The van der Waals surface area contributed by atoms with Crippen LogP contribution in [0.2, 0.25) is 0 Å². The quantitative estimate of drug-likeness (QED) is 0.599. The van der Waals surface area contributed by atoms with Gasteiger partial charge in [-0.2, -0.15) is 0 Å². The van der Waals surface area contributed by atoms with Gasteiger partial charge in [-0.1, -0.05) is 6.08 Å². The van der Waals surface area contributed by atoms with Crippen molar-refractivity contribution in [3.05, 3.63) is 29.4 Å². The molecule has 13 heavy (non-hydrogen) atoms. The summed E-state index contributed by atoms with van der Waals surface area (Å²) in [6.45, 7) is 3.97. The van der Waals surface area contributed by atoms with Crippen LogP contribution in [0.3, 0.4) is 0 Å². The summed E-state index contributed by atoms with van der Waals surface area (Å²) in [5.74, 6) is 1.89.